The third-order valence-corrected chi connectivity index (χ3v) is 3.02. The van der Waals surface area contributed by atoms with Gasteiger partial charge in [-0.1, -0.05) is 0 Å². The summed E-state index contributed by atoms with van der Waals surface area (Å²) in [6, 6.07) is 0. The molecule has 4 heteroatoms. The van der Waals surface area contributed by atoms with Crippen LogP contribution in [0.15, 0.2) is 11.0 Å². The van der Waals surface area contributed by atoms with Crippen LogP contribution in [0.4, 0.5) is 0 Å². The van der Waals surface area contributed by atoms with Crippen LogP contribution in [0.25, 0.3) is 0 Å². The molecule has 3 nitrogen and oxygen atoms in total. The lowest BCUT2D eigenvalue weighted by atomic mass is 10.4. The summed E-state index contributed by atoms with van der Waals surface area (Å²) in [5.74, 6) is 0. The highest BCUT2D eigenvalue weighted by Gasteiger charge is 2.14. The van der Waals surface area contributed by atoms with Gasteiger partial charge in [-0.2, -0.15) is 0 Å². The lowest BCUT2D eigenvalue weighted by molar-refractivity contribution is 0.584. The van der Waals surface area contributed by atoms with Gasteiger partial charge in [0.05, 0.1) is 5.44 Å². The first-order chi connectivity index (χ1) is 4.93. The SMILES string of the molecule is CN/C(=C(/C)C=N)P(C)(C)=O. The predicted molar refractivity (Wildman–Crippen MR) is 50.0 cm³/mol. The van der Waals surface area contributed by atoms with Gasteiger partial charge in [-0.25, -0.2) is 0 Å². The molecule has 0 unspecified atom stereocenters. The molecule has 0 amide bonds. The zero-order chi connectivity index (χ0) is 9.07. The van der Waals surface area contributed by atoms with Crippen LogP contribution in [0, 0.1) is 5.41 Å². The van der Waals surface area contributed by atoms with Gasteiger partial charge in [-0.3, -0.25) is 0 Å². The Morgan fingerprint density at radius 1 is 1.55 bits per heavy atom. The number of hydrogen-bond acceptors (Lipinski definition) is 3. The molecule has 0 aliphatic heterocycles. The molecule has 64 valence electrons. The molecule has 0 aliphatic rings. The van der Waals surface area contributed by atoms with Crippen molar-refractivity contribution < 1.29 is 4.57 Å². The van der Waals surface area contributed by atoms with Crippen LogP contribution in [0.1, 0.15) is 6.92 Å². The normalized spacial score (nSPS) is 13.8. The van der Waals surface area contributed by atoms with Crippen molar-refractivity contribution in [3.05, 3.63) is 11.0 Å². The number of allylic oxidation sites excluding steroid dienone is 1. The minimum Gasteiger partial charge on any atom is -0.385 e. The Kier molecular flexibility index (Phi) is 3.53. The van der Waals surface area contributed by atoms with Crippen LogP contribution in [-0.4, -0.2) is 26.6 Å². The van der Waals surface area contributed by atoms with Crippen LogP contribution in [-0.2, 0) is 4.57 Å². The monoisotopic (exact) mass is 174 g/mol. The Morgan fingerprint density at radius 3 is 2.09 bits per heavy atom. The van der Waals surface area contributed by atoms with Crippen LogP contribution < -0.4 is 5.32 Å². The summed E-state index contributed by atoms with van der Waals surface area (Å²) in [6.45, 7) is 5.15. The van der Waals surface area contributed by atoms with Crippen LogP contribution in [0.3, 0.4) is 0 Å². The minimum atomic E-state index is -2.23. The maximum atomic E-state index is 11.5. The summed E-state index contributed by atoms with van der Waals surface area (Å²) in [7, 11) is -0.507. The second-order valence-corrected chi connectivity index (χ2v) is 5.93. The van der Waals surface area contributed by atoms with Gasteiger partial charge in [-0.05, 0) is 25.8 Å². The molecule has 2 N–H and O–H groups in total. The van der Waals surface area contributed by atoms with Crippen molar-refractivity contribution in [3.8, 4) is 0 Å². The van der Waals surface area contributed by atoms with Gasteiger partial charge in [0.25, 0.3) is 0 Å². The summed E-state index contributed by atoms with van der Waals surface area (Å²) in [4.78, 5) is 0. The van der Waals surface area contributed by atoms with Gasteiger partial charge in [0.15, 0.2) is 0 Å². The van der Waals surface area contributed by atoms with E-state index in [4.69, 9.17) is 5.41 Å². The van der Waals surface area contributed by atoms with E-state index < -0.39 is 7.14 Å². The second kappa shape index (κ2) is 3.72. The van der Waals surface area contributed by atoms with Crippen molar-refractivity contribution >= 4 is 13.4 Å². The molecular formula is C7H15N2OP. The van der Waals surface area contributed by atoms with Gasteiger partial charge in [-0.15, -0.1) is 0 Å². The quantitative estimate of drug-likeness (QED) is 0.505. The summed E-state index contributed by atoms with van der Waals surface area (Å²) in [6.07, 6.45) is 1.21. The van der Waals surface area contributed by atoms with Crippen molar-refractivity contribution in [1.29, 1.82) is 5.41 Å². The molecule has 0 fully saturated rings. The van der Waals surface area contributed by atoms with E-state index >= 15 is 0 Å². The first-order valence-corrected chi connectivity index (χ1v) is 5.98. The number of rotatable bonds is 3. The molecule has 0 aliphatic carbocycles. The minimum absolute atomic E-state index is 0.688. The van der Waals surface area contributed by atoms with Crippen LogP contribution in [0.2, 0.25) is 0 Å². The molecule has 0 rings (SSSR count). The lowest BCUT2D eigenvalue weighted by Crippen LogP contribution is -2.08. The largest absolute Gasteiger partial charge is 0.385 e. The van der Waals surface area contributed by atoms with E-state index in [1.807, 2.05) is 0 Å². The van der Waals surface area contributed by atoms with Crippen LogP contribution >= 0.6 is 7.14 Å². The molecule has 0 saturated carbocycles. The smallest absolute Gasteiger partial charge is 0.125 e. The maximum absolute atomic E-state index is 11.5. The van der Waals surface area contributed by atoms with Crippen molar-refractivity contribution in [2.24, 2.45) is 0 Å². The van der Waals surface area contributed by atoms with Crippen LogP contribution in [0.5, 0.6) is 0 Å². The maximum Gasteiger partial charge on any atom is 0.125 e. The summed E-state index contributed by atoms with van der Waals surface area (Å²) >= 11 is 0. The highest BCUT2D eigenvalue weighted by Crippen LogP contribution is 2.45. The van der Waals surface area contributed by atoms with E-state index in [9.17, 15) is 4.57 Å². The first kappa shape index (κ1) is 10.4. The average molecular weight is 174 g/mol. The Hall–Kier alpha value is -0.560. The van der Waals surface area contributed by atoms with Crippen molar-refractivity contribution in [2.75, 3.05) is 20.4 Å². The fraction of sp³-hybridized carbons (Fsp3) is 0.571. The highest BCUT2D eigenvalue weighted by molar-refractivity contribution is 7.66. The molecule has 11 heavy (non-hydrogen) atoms. The van der Waals surface area contributed by atoms with Crippen molar-refractivity contribution in [1.82, 2.24) is 5.32 Å². The van der Waals surface area contributed by atoms with E-state index in [1.54, 1.807) is 27.3 Å². The Balaban J connectivity index is 4.97. The fourth-order valence-corrected chi connectivity index (χ4v) is 2.41. The zero-order valence-electron chi connectivity index (χ0n) is 7.43. The summed E-state index contributed by atoms with van der Waals surface area (Å²) in [5, 5.41) is 9.84. The molecule has 0 radical (unpaired) electrons. The van der Waals surface area contributed by atoms with Crippen molar-refractivity contribution in [3.63, 3.8) is 0 Å². The van der Waals surface area contributed by atoms with Gasteiger partial charge < -0.3 is 15.3 Å². The fourth-order valence-electron chi connectivity index (χ4n) is 0.959. The molecule has 0 aromatic heterocycles. The van der Waals surface area contributed by atoms with E-state index in [0.29, 0.717) is 5.44 Å². The topological polar surface area (TPSA) is 53.0 Å². The Labute approximate surface area is 67.8 Å². The number of hydrogen-bond donors (Lipinski definition) is 2. The predicted octanol–water partition coefficient (Wildman–Crippen LogP) is 1.71. The van der Waals surface area contributed by atoms with Gasteiger partial charge in [0.2, 0.25) is 0 Å². The molecule has 0 heterocycles. The lowest BCUT2D eigenvalue weighted by Gasteiger charge is -2.13. The summed E-state index contributed by atoms with van der Waals surface area (Å²) in [5.41, 5.74) is 1.42. The molecule has 0 saturated heterocycles. The van der Waals surface area contributed by atoms with Gasteiger partial charge in [0.1, 0.15) is 7.14 Å². The molecule has 0 bridgehead atoms. The summed E-state index contributed by atoms with van der Waals surface area (Å²) < 4.78 is 11.5. The van der Waals surface area contributed by atoms with E-state index in [0.717, 1.165) is 5.57 Å². The molecule has 0 spiro atoms. The van der Waals surface area contributed by atoms with E-state index in [1.165, 1.54) is 6.21 Å². The molecule has 0 aromatic rings. The first-order valence-electron chi connectivity index (χ1n) is 3.38. The van der Waals surface area contributed by atoms with E-state index in [-0.39, 0.29) is 0 Å². The third kappa shape index (κ3) is 2.89. The third-order valence-electron chi connectivity index (χ3n) is 1.37. The van der Waals surface area contributed by atoms with Crippen molar-refractivity contribution in [2.45, 2.75) is 6.92 Å². The van der Waals surface area contributed by atoms with Gasteiger partial charge >= 0.3 is 0 Å². The number of nitrogens with one attached hydrogen (secondary N) is 2. The standard InChI is InChI=1S/C7H15N2OP/c1-6(5-8)7(9-2)11(3,4)10/h5,8-9H,1-4H3/b7-6+,8-5?. The molecule has 0 atom stereocenters. The van der Waals surface area contributed by atoms with Gasteiger partial charge in [0, 0.05) is 13.3 Å². The Morgan fingerprint density at radius 2 is 2.00 bits per heavy atom. The Bertz CT molecular complexity index is 227. The zero-order valence-corrected chi connectivity index (χ0v) is 8.33. The highest BCUT2D eigenvalue weighted by atomic mass is 31.2. The van der Waals surface area contributed by atoms with E-state index in [2.05, 4.69) is 5.32 Å². The molecular weight excluding hydrogens is 159 g/mol. The second-order valence-electron chi connectivity index (χ2n) is 2.78. The molecule has 0 aromatic carbocycles. The average Bonchev–Trinajstić information content (AvgIpc) is 1.86.